The summed E-state index contributed by atoms with van der Waals surface area (Å²) in [5.41, 5.74) is -0.472. The van der Waals surface area contributed by atoms with E-state index in [1.54, 1.807) is 28.8 Å². The maximum Gasteiger partial charge on any atom is 0.416 e. The second kappa shape index (κ2) is 13.8. The predicted octanol–water partition coefficient (Wildman–Crippen LogP) is 6.22. The first-order valence-corrected chi connectivity index (χ1v) is 14.2. The van der Waals surface area contributed by atoms with Crippen molar-refractivity contribution in [3.05, 3.63) is 98.3 Å². The monoisotopic (exact) mass is 648 g/mol. The highest BCUT2D eigenvalue weighted by Gasteiger charge is 2.31. The second-order valence-electron chi connectivity index (χ2n) is 9.08. The highest BCUT2D eigenvalue weighted by Crippen LogP contribution is 2.34. The molecule has 11 nitrogen and oxygen atoms in total. The van der Waals surface area contributed by atoms with Crippen LogP contribution in [-0.2, 0) is 17.5 Å². The summed E-state index contributed by atoms with van der Waals surface area (Å²) in [6, 6.07) is 13.6. The molecule has 2 N–H and O–H groups in total. The van der Waals surface area contributed by atoms with E-state index in [0.717, 1.165) is 30.0 Å². The first kappa shape index (κ1) is 32.3. The molecule has 4 rings (SSSR count). The molecular formula is C28H24ClF3N6O5S. The zero-order chi connectivity index (χ0) is 32.0. The van der Waals surface area contributed by atoms with Gasteiger partial charge in [0.05, 0.1) is 40.1 Å². The molecule has 0 aliphatic carbocycles. The predicted molar refractivity (Wildman–Crippen MR) is 157 cm³/mol. The molecule has 2 amide bonds. The highest BCUT2D eigenvalue weighted by molar-refractivity contribution is 7.99. The minimum Gasteiger partial charge on any atom is -0.494 e. The molecule has 16 heteroatoms. The largest absolute Gasteiger partial charge is 0.494 e. The lowest BCUT2D eigenvalue weighted by Gasteiger charge is -2.13. The highest BCUT2D eigenvalue weighted by atomic mass is 35.5. The number of anilines is 1. The second-order valence-corrected chi connectivity index (χ2v) is 10.4. The number of hydrogen-bond donors (Lipinski definition) is 2. The number of aromatic nitrogens is 3. The fourth-order valence-corrected chi connectivity index (χ4v) is 5.00. The van der Waals surface area contributed by atoms with E-state index in [-0.39, 0.29) is 50.8 Å². The van der Waals surface area contributed by atoms with Crippen molar-refractivity contribution in [1.29, 1.82) is 0 Å². The van der Waals surface area contributed by atoms with E-state index in [4.69, 9.17) is 16.3 Å². The maximum atomic E-state index is 13.1. The van der Waals surface area contributed by atoms with Gasteiger partial charge in [0.25, 0.3) is 11.6 Å². The Kier molecular flexibility index (Phi) is 10.1. The molecule has 0 saturated carbocycles. The number of carbonyl (C=O) groups excluding carboxylic acids is 2. The van der Waals surface area contributed by atoms with Gasteiger partial charge in [0.1, 0.15) is 5.75 Å². The number of nitro benzene ring substituents is 1. The average molecular weight is 649 g/mol. The molecule has 0 atom stereocenters. The molecule has 0 bridgehead atoms. The van der Waals surface area contributed by atoms with Gasteiger partial charge in [-0.05, 0) is 62.4 Å². The first-order valence-electron chi connectivity index (χ1n) is 12.9. The summed E-state index contributed by atoms with van der Waals surface area (Å²) in [7, 11) is 0. The van der Waals surface area contributed by atoms with Gasteiger partial charge in [0.15, 0.2) is 11.0 Å². The summed E-state index contributed by atoms with van der Waals surface area (Å²) in [6.45, 7) is 3.63. The Morgan fingerprint density at radius 1 is 1.11 bits per heavy atom. The lowest BCUT2D eigenvalue weighted by molar-refractivity contribution is -0.385. The SMILES string of the molecule is CCOc1ccc(-n2c(CNC(=O)c3cccc([N+](=O)[O-])c3C)nnc2SCC(=O)Nc2cc(C(F)(F)F)ccc2Cl)cc1. The van der Waals surface area contributed by atoms with Crippen molar-refractivity contribution in [2.45, 2.75) is 31.7 Å². The fourth-order valence-electron chi connectivity index (χ4n) is 4.06. The summed E-state index contributed by atoms with van der Waals surface area (Å²) in [5, 5.41) is 24.9. The maximum absolute atomic E-state index is 13.1. The van der Waals surface area contributed by atoms with Crippen LogP contribution in [0.1, 0.15) is 34.2 Å². The van der Waals surface area contributed by atoms with E-state index in [1.165, 1.54) is 25.1 Å². The van der Waals surface area contributed by atoms with Crippen molar-refractivity contribution in [1.82, 2.24) is 20.1 Å². The standard InChI is InChI=1S/C28H24ClF3N6O5S/c1-3-43-19-10-8-18(9-11-19)37-24(14-33-26(40)20-5-4-6-23(16(20)2)38(41)42)35-36-27(37)44-15-25(39)34-22-13-17(28(30,31)32)7-12-21(22)29/h4-13H,3,14-15H2,1-2H3,(H,33,40)(H,34,39). The van der Waals surface area contributed by atoms with Crippen molar-refractivity contribution in [2.24, 2.45) is 0 Å². The summed E-state index contributed by atoms with van der Waals surface area (Å²) in [6.07, 6.45) is -4.62. The van der Waals surface area contributed by atoms with E-state index in [2.05, 4.69) is 20.8 Å². The Hall–Kier alpha value is -4.63. The van der Waals surface area contributed by atoms with Crippen LogP contribution in [0, 0.1) is 17.0 Å². The quantitative estimate of drug-likeness (QED) is 0.111. The number of nitrogens with zero attached hydrogens (tertiary/aromatic N) is 4. The Balaban J connectivity index is 1.55. The Labute approximate surface area is 257 Å². The lowest BCUT2D eigenvalue weighted by Crippen LogP contribution is -2.25. The molecule has 44 heavy (non-hydrogen) atoms. The van der Waals surface area contributed by atoms with Gasteiger partial charge in [0.2, 0.25) is 5.91 Å². The lowest BCUT2D eigenvalue weighted by atomic mass is 10.1. The third-order valence-corrected chi connectivity index (χ3v) is 7.42. The molecule has 230 valence electrons. The zero-order valence-corrected chi connectivity index (χ0v) is 24.7. The molecule has 0 aliphatic heterocycles. The average Bonchev–Trinajstić information content (AvgIpc) is 3.38. The molecule has 0 radical (unpaired) electrons. The van der Waals surface area contributed by atoms with E-state index >= 15 is 0 Å². The van der Waals surface area contributed by atoms with Crippen molar-refractivity contribution in [3.63, 3.8) is 0 Å². The van der Waals surface area contributed by atoms with Crippen LogP contribution in [0.2, 0.25) is 5.02 Å². The van der Waals surface area contributed by atoms with E-state index in [0.29, 0.717) is 18.0 Å². The minimum atomic E-state index is -4.62. The van der Waals surface area contributed by atoms with Crippen LogP contribution >= 0.6 is 23.4 Å². The number of ether oxygens (including phenoxy) is 1. The number of benzene rings is 3. The molecule has 0 unspecified atom stereocenters. The topological polar surface area (TPSA) is 141 Å². The number of amides is 2. The summed E-state index contributed by atoms with van der Waals surface area (Å²) in [4.78, 5) is 36.4. The number of halogens is 4. The molecule has 0 spiro atoms. The van der Waals surface area contributed by atoms with Crippen LogP contribution < -0.4 is 15.4 Å². The normalized spacial score (nSPS) is 11.2. The molecular weight excluding hydrogens is 625 g/mol. The van der Waals surface area contributed by atoms with E-state index in [1.807, 2.05) is 6.92 Å². The van der Waals surface area contributed by atoms with Crippen LogP contribution in [0.4, 0.5) is 24.5 Å². The number of thioether (sulfide) groups is 1. The number of nitro groups is 1. The smallest absolute Gasteiger partial charge is 0.416 e. The number of hydrogen-bond acceptors (Lipinski definition) is 8. The molecule has 1 heterocycles. The van der Waals surface area contributed by atoms with Gasteiger partial charge in [-0.25, -0.2) is 0 Å². The van der Waals surface area contributed by atoms with Gasteiger partial charge in [-0.1, -0.05) is 29.4 Å². The molecule has 1 aromatic heterocycles. The Morgan fingerprint density at radius 2 is 1.84 bits per heavy atom. The number of carbonyl (C=O) groups is 2. The van der Waals surface area contributed by atoms with Crippen LogP contribution in [0.5, 0.6) is 5.75 Å². The van der Waals surface area contributed by atoms with Gasteiger partial charge in [-0.3, -0.25) is 24.3 Å². The van der Waals surface area contributed by atoms with Gasteiger partial charge < -0.3 is 15.4 Å². The molecule has 4 aromatic rings. The Morgan fingerprint density at radius 3 is 2.50 bits per heavy atom. The Bertz CT molecular complexity index is 1700. The fraction of sp³-hybridized carbons (Fsp3) is 0.214. The van der Waals surface area contributed by atoms with Gasteiger partial charge in [0, 0.05) is 22.9 Å². The zero-order valence-electron chi connectivity index (χ0n) is 23.1. The number of alkyl halides is 3. The number of rotatable bonds is 11. The van der Waals surface area contributed by atoms with Crippen LogP contribution in [0.15, 0.2) is 65.8 Å². The van der Waals surface area contributed by atoms with Crippen LogP contribution in [-0.4, -0.2) is 43.9 Å². The molecule has 0 saturated heterocycles. The van der Waals surface area contributed by atoms with Gasteiger partial charge in [-0.2, -0.15) is 13.2 Å². The van der Waals surface area contributed by atoms with Crippen molar-refractivity contribution >= 4 is 46.6 Å². The van der Waals surface area contributed by atoms with Crippen LogP contribution in [0.25, 0.3) is 5.69 Å². The third-order valence-electron chi connectivity index (χ3n) is 6.16. The summed E-state index contributed by atoms with van der Waals surface area (Å²) >= 11 is 6.95. The van der Waals surface area contributed by atoms with Crippen molar-refractivity contribution < 1.29 is 32.4 Å². The minimum absolute atomic E-state index is 0.0640. The van der Waals surface area contributed by atoms with Crippen molar-refractivity contribution in [3.8, 4) is 11.4 Å². The molecule has 0 aliphatic rings. The van der Waals surface area contributed by atoms with E-state index < -0.39 is 28.5 Å². The summed E-state index contributed by atoms with van der Waals surface area (Å²) in [5.74, 6) is -0.602. The van der Waals surface area contributed by atoms with Gasteiger partial charge in [-0.15, -0.1) is 10.2 Å². The first-order chi connectivity index (χ1) is 20.9. The molecule has 0 fully saturated rings. The number of nitrogens with one attached hydrogen (secondary N) is 2. The van der Waals surface area contributed by atoms with Crippen molar-refractivity contribution in [2.75, 3.05) is 17.7 Å². The molecule has 3 aromatic carbocycles. The van der Waals surface area contributed by atoms with Gasteiger partial charge >= 0.3 is 6.18 Å². The van der Waals surface area contributed by atoms with Crippen LogP contribution in [0.3, 0.4) is 0 Å². The summed E-state index contributed by atoms with van der Waals surface area (Å²) < 4.78 is 46.4. The van der Waals surface area contributed by atoms with E-state index in [9.17, 15) is 32.9 Å². The third kappa shape index (κ3) is 7.65.